The molecular weight excluding hydrogens is 465 g/mol. The summed E-state index contributed by atoms with van der Waals surface area (Å²) in [7, 11) is 3.80. The van der Waals surface area contributed by atoms with Crippen LogP contribution in [0.15, 0.2) is 53.6 Å². The Hall–Kier alpha value is -3.89. The van der Waals surface area contributed by atoms with Gasteiger partial charge in [0.1, 0.15) is 0 Å². The molecule has 0 radical (unpaired) electrons. The fourth-order valence-electron chi connectivity index (χ4n) is 3.60. The highest BCUT2D eigenvalue weighted by atomic mass is 19.4. The molecule has 1 aliphatic carbocycles. The van der Waals surface area contributed by atoms with Gasteiger partial charge in [0.05, 0.1) is 36.1 Å². The highest BCUT2D eigenvalue weighted by molar-refractivity contribution is 6.05. The van der Waals surface area contributed by atoms with E-state index < -0.39 is 47.3 Å². The van der Waals surface area contributed by atoms with Gasteiger partial charge in [0.2, 0.25) is 11.8 Å². The molecule has 0 spiro atoms. The lowest BCUT2D eigenvalue weighted by atomic mass is 10.2. The van der Waals surface area contributed by atoms with E-state index in [0.29, 0.717) is 5.56 Å². The molecule has 1 aliphatic rings. The van der Waals surface area contributed by atoms with Crippen LogP contribution in [-0.2, 0) is 25.3 Å². The molecule has 186 valence electrons. The normalized spacial score (nSPS) is 19.2. The summed E-state index contributed by atoms with van der Waals surface area (Å²) < 4.78 is 43.8. The number of carbonyl (C=O) groups excluding carboxylic acids is 3. The van der Waals surface area contributed by atoms with Crippen molar-refractivity contribution in [2.24, 2.45) is 22.9 Å². The number of amides is 2. The lowest BCUT2D eigenvalue weighted by molar-refractivity contribution is -0.146. The van der Waals surface area contributed by atoms with E-state index in [1.165, 1.54) is 12.3 Å². The molecule has 3 atom stereocenters. The highest BCUT2D eigenvalue weighted by Gasteiger charge is 2.63. The summed E-state index contributed by atoms with van der Waals surface area (Å²) in [6.07, 6.45) is -3.17. The fraction of sp³-hybridized carbons (Fsp3) is 0.333. The quantitative estimate of drug-likeness (QED) is 0.336. The number of rotatable bonds is 8. The van der Waals surface area contributed by atoms with Crippen molar-refractivity contribution in [3.63, 3.8) is 0 Å². The Morgan fingerprint density at radius 1 is 1.03 bits per heavy atom. The van der Waals surface area contributed by atoms with Crippen LogP contribution in [0.1, 0.15) is 18.1 Å². The summed E-state index contributed by atoms with van der Waals surface area (Å²) in [5, 5.41) is 6.24. The number of ether oxygens (including phenoxy) is 1. The Bertz CT molecular complexity index is 1120. The molecular formula is C24H25F3N4O4. The zero-order valence-electron chi connectivity index (χ0n) is 19.3. The molecule has 2 N–H and O–H groups in total. The molecule has 2 amide bonds. The second kappa shape index (κ2) is 10.6. The minimum atomic E-state index is -4.58. The molecule has 2 aromatic carbocycles. The summed E-state index contributed by atoms with van der Waals surface area (Å²) in [5.41, 5.74) is 2.98. The number of hydrazone groups is 1. The lowest BCUT2D eigenvalue weighted by Gasteiger charge is -2.11. The number of hydrogen-bond donors (Lipinski definition) is 2. The van der Waals surface area contributed by atoms with Crippen molar-refractivity contribution >= 4 is 35.4 Å². The third-order valence-corrected chi connectivity index (χ3v) is 5.44. The summed E-state index contributed by atoms with van der Waals surface area (Å²) in [4.78, 5) is 39.6. The van der Waals surface area contributed by atoms with Gasteiger partial charge in [-0.2, -0.15) is 18.3 Å². The van der Waals surface area contributed by atoms with Gasteiger partial charge in [-0.15, -0.1) is 0 Å². The zero-order valence-corrected chi connectivity index (χ0v) is 19.3. The first kappa shape index (κ1) is 25.7. The summed E-state index contributed by atoms with van der Waals surface area (Å²) in [6.45, 7) is 1.63. The number of nitrogens with one attached hydrogen (secondary N) is 2. The molecule has 2 aromatic rings. The number of anilines is 2. The zero-order chi connectivity index (χ0) is 25.8. The smallest absolute Gasteiger partial charge is 0.416 e. The minimum Gasteiger partial charge on any atom is -0.466 e. The van der Waals surface area contributed by atoms with Gasteiger partial charge in [0.25, 0.3) is 0 Å². The first-order valence-corrected chi connectivity index (χ1v) is 10.8. The standard InChI is InChI=1S/C24H25F3N4O4/c1-4-35-23(34)20-18(21(32)29-16-7-5-6-15(12-16)24(25,26)27)19(20)22(33)30-28-13-14-8-10-17(11-9-14)31(2)3/h5-13,18-20H,4H2,1-3H3,(H,29,32)(H,30,33)/b28-13-/t18-,19-,20-/m0/s1. The Kier molecular flexibility index (Phi) is 7.78. The van der Waals surface area contributed by atoms with Gasteiger partial charge in [0.15, 0.2) is 0 Å². The van der Waals surface area contributed by atoms with Gasteiger partial charge < -0.3 is 15.0 Å². The lowest BCUT2D eigenvalue weighted by Crippen LogP contribution is -2.24. The summed E-state index contributed by atoms with van der Waals surface area (Å²) in [6, 6.07) is 11.4. The maximum absolute atomic E-state index is 13.0. The van der Waals surface area contributed by atoms with E-state index in [1.807, 2.05) is 31.1 Å². The van der Waals surface area contributed by atoms with Crippen molar-refractivity contribution in [2.45, 2.75) is 13.1 Å². The van der Waals surface area contributed by atoms with Gasteiger partial charge in [-0.05, 0) is 42.8 Å². The molecule has 0 bridgehead atoms. The Morgan fingerprint density at radius 2 is 1.69 bits per heavy atom. The summed E-state index contributed by atoms with van der Waals surface area (Å²) >= 11 is 0. The molecule has 0 aliphatic heterocycles. The van der Waals surface area contributed by atoms with Crippen LogP contribution < -0.4 is 15.6 Å². The van der Waals surface area contributed by atoms with E-state index in [4.69, 9.17) is 4.74 Å². The number of halogens is 3. The van der Waals surface area contributed by atoms with Crippen LogP contribution >= 0.6 is 0 Å². The third-order valence-electron chi connectivity index (χ3n) is 5.44. The van der Waals surface area contributed by atoms with Crippen molar-refractivity contribution in [1.29, 1.82) is 0 Å². The molecule has 0 unspecified atom stereocenters. The van der Waals surface area contributed by atoms with E-state index in [1.54, 1.807) is 19.1 Å². The Balaban J connectivity index is 1.68. The second-order valence-corrected chi connectivity index (χ2v) is 8.12. The van der Waals surface area contributed by atoms with Gasteiger partial charge >= 0.3 is 12.1 Å². The molecule has 35 heavy (non-hydrogen) atoms. The maximum Gasteiger partial charge on any atom is 0.416 e. The van der Waals surface area contributed by atoms with Crippen molar-refractivity contribution in [3.05, 3.63) is 59.7 Å². The average molecular weight is 490 g/mol. The highest BCUT2D eigenvalue weighted by Crippen LogP contribution is 2.48. The van der Waals surface area contributed by atoms with Crippen molar-refractivity contribution in [3.8, 4) is 0 Å². The molecule has 0 aromatic heterocycles. The van der Waals surface area contributed by atoms with Crippen LogP contribution in [-0.4, -0.2) is 44.7 Å². The number of benzene rings is 2. The number of esters is 1. The van der Waals surface area contributed by atoms with E-state index in [0.717, 1.165) is 23.9 Å². The molecule has 1 saturated carbocycles. The van der Waals surface area contributed by atoms with Gasteiger partial charge in [-0.3, -0.25) is 14.4 Å². The topological polar surface area (TPSA) is 100 Å². The maximum atomic E-state index is 13.0. The molecule has 8 nitrogen and oxygen atoms in total. The minimum absolute atomic E-state index is 0.0483. The van der Waals surface area contributed by atoms with E-state index >= 15 is 0 Å². The van der Waals surface area contributed by atoms with Crippen molar-refractivity contribution < 1.29 is 32.3 Å². The molecule has 0 heterocycles. The van der Waals surface area contributed by atoms with Crippen molar-refractivity contribution in [1.82, 2.24) is 5.43 Å². The molecule has 3 rings (SSSR count). The number of nitrogens with zero attached hydrogens (tertiary/aromatic N) is 2. The number of alkyl halides is 3. The van der Waals surface area contributed by atoms with E-state index in [2.05, 4.69) is 15.8 Å². The first-order chi connectivity index (χ1) is 16.5. The summed E-state index contributed by atoms with van der Waals surface area (Å²) in [5.74, 6) is -5.39. The van der Waals surface area contributed by atoms with Crippen LogP contribution in [0, 0.1) is 17.8 Å². The van der Waals surface area contributed by atoms with Gasteiger partial charge in [0, 0.05) is 25.5 Å². The Morgan fingerprint density at radius 3 is 2.29 bits per heavy atom. The van der Waals surface area contributed by atoms with Gasteiger partial charge in [-0.25, -0.2) is 5.43 Å². The first-order valence-electron chi connectivity index (χ1n) is 10.8. The number of hydrogen-bond acceptors (Lipinski definition) is 6. The predicted octanol–water partition coefficient (Wildman–Crippen LogP) is 3.29. The average Bonchev–Trinajstić information content (AvgIpc) is 3.55. The monoisotopic (exact) mass is 490 g/mol. The molecule has 0 saturated heterocycles. The molecule has 11 heteroatoms. The number of carbonyl (C=O) groups is 3. The van der Waals surface area contributed by atoms with Crippen LogP contribution in [0.5, 0.6) is 0 Å². The third kappa shape index (κ3) is 6.37. The predicted molar refractivity (Wildman–Crippen MR) is 124 cm³/mol. The Labute approximate surface area is 200 Å². The largest absolute Gasteiger partial charge is 0.466 e. The van der Waals surface area contributed by atoms with Gasteiger partial charge in [-0.1, -0.05) is 18.2 Å². The SMILES string of the molecule is CCOC(=O)[C@@H]1[C@@H](C(=O)N/N=C\c2ccc(N(C)C)cc2)[C@@H]1C(=O)Nc1cccc(C(F)(F)F)c1. The van der Waals surface area contributed by atoms with Crippen LogP contribution in [0.4, 0.5) is 24.5 Å². The van der Waals surface area contributed by atoms with Crippen LogP contribution in [0.25, 0.3) is 0 Å². The molecule has 1 fully saturated rings. The van der Waals surface area contributed by atoms with E-state index in [-0.39, 0.29) is 12.3 Å². The van der Waals surface area contributed by atoms with Crippen LogP contribution in [0.2, 0.25) is 0 Å². The second-order valence-electron chi connectivity index (χ2n) is 8.12. The van der Waals surface area contributed by atoms with E-state index in [9.17, 15) is 27.6 Å². The van der Waals surface area contributed by atoms with Crippen LogP contribution in [0.3, 0.4) is 0 Å². The van der Waals surface area contributed by atoms with Crippen molar-refractivity contribution in [2.75, 3.05) is 30.9 Å². The fourth-order valence-corrected chi connectivity index (χ4v) is 3.60.